The Morgan fingerprint density at radius 3 is 2.74 bits per heavy atom. The fraction of sp³-hybridized carbons (Fsp3) is 0.429. The van der Waals surface area contributed by atoms with Gasteiger partial charge in [-0.3, -0.25) is 9.59 Å². The number of rotatable bonds is 2. The molecule has 3 rings (SSSR count). The van der Waals surface area contributed by atoms with Crippen molar-refractivity contribution in [1.82, 2.24) is 4.90 Å². The van der Waals surface area contributed by atoms with Crippen molar-refractivity contribution in [2.45, 2.75) is 6.42 Å². The SMILES string of the molecule is O=C(C1CC(=O)N(c2ccccc2)C1)N1CCSC1. The van der Waals surface area contributed by atoms with Crippen molar-refractivity contribution < 1.29 is 9.59 Å². The summed E-state index contributed by atoms with van der Waals surface area (Å²) in [5.74, 6) is 1.79. The number of hydrogen-bond acceptors (Lipinski definition) is 3. The molecule has 5 heteroatoms. The van der Waals surface area contributed by atoms with Gasteiger partial charge >= 0.3 is 0 Å². The van der Waals surface area contributed by atoms with E-state index >= 15 is 0 Å². The first-order valence-corrected chi connectivity index (χ1v) is 7.63. The molecule has 1 unspecified atom stereocenters. The maximum atomic E-state index is 12.3. The molecular formula is C14H16N2O2S. The van der Waals surface area contributed by atoms with Crippen molar-refractivity contribution >= 4 is 29.3 Å². The number of amides is 2. The van der Waals surface area contributed by atoms with Gasteiger partial charge in [-0.25, -0.2) is 0 Å². The predicted octanol–water partition coefficient (Wildman–Crippen LogP) is 1.57. The predicted molar refractivity (Wildman–Crippen MR) is 75.9 cm³/mol. The van der Waals surface area contributed by atoms with Crippen LogP contribution in [0.4, 0.5) is 5.69 Å². The number of benzene rings is 1. The monoisotopic (exact) mass is 276 g/mol. The highest BCUT2D eigenvalue weighted by Crippen LogP contribution is 2.27. The van der Waals surface area contributed by atoms with E-state index in [1.165, 1.54) is 0 Å². The van der Waals surface area contributed by atoms with E-state index in [-0.39, 0.29) is 17.7 Å². The van der Waals surface area contributed by atoms with Crippen LogP contribution in [0.2, 0.25) is 0 Å². The van der Waals surface area contributed by atoms with E-state index < -0.39 is 0 Å². The molecule has 2 aliphatic rings. The summed E-state index contributed by atoms with van der Waals surface area (Å²) >= 11 is 1.77. The second kappa shape index (κ2) is 5.25. The maximum Gasteiger partial charge on any atom is 0.228 e. The third-order valence-electron chi connectivity index (χ3n) is 3.61. The lowest BCUT2D eigenvalue weighted by molar-refractivity contribution is -0.134. The summed E-state index contributed by atoms with van der Waals surface area (Å²) in [7, 11) is 0. The van der Waals surface area contributed by atoms with E-state index in [0.29, 0.717) is 13.0 Å². The van der Waals surface area contributed by atoms with Crippen LogP contribution in [0.1, 0.15) is 6.42 Å². The van der Waals surface area contributed by atoms with E-state index in [2.05, 4.69) is 0 Å². The van der Waals surface area contributed by atoms with Crippen LogP contribution in [0.5, 0.6) is 0 Å². The molecule has 1 aromatic carbocycles. The number of carbonyl (C=O) groups is 2. The molecule has 100 valence electrons. The van der Waals surface area contributed by atoms with Crippen LogP contribution in [-0.2, 0) is 9.59 Å². The second-order valence-corrected chi connectivity index (χ2v) is 5.95. The number of nitrogens with zero attached hydrogens (tertiary/aromatic N) is 2. The first-order chi connectivity index (χ1) is 9.25. The first kappa shape index (κ1) is 12.5. The Morgan fingerprint density at radius 1 is 1.26 bits per heavy atom. The largest absolute Gasteiger partial charge is 0.332 e. The van der Waals surface area contributed by atoms with E-state index in [4.69, 9.17) is 0 Å². The van der Waals surface area contributed by atoms with Gasteiger partial charge in [0, 0.05) is 31.0 Å². The maximum absolute atomic E-state index is 12.3. The molecule has 0 saturated carbocycles. The third-order valence-corrected chi connectivity index (χ3v) is 4.57. The molecule has 0 bridgehead atoms. The summed E-state index contributed by atoms with van der Waals surface area (Å²) in [4.78, 5) is 28.0. The highest BCUT2D eigenvalue weighted by atomic mass is 32.2. The molecule has 4 nitrogen and oxygen atoms in total. The summed E-state index contributed by atoms with van der Waals surface area (Å²) in [6.45, 7) is 1.34. The van der Waals surface area contributed by atoms with Crippen molar-refractivity contribution in [2.24, 2.45) is 5.92 Å². The minimum atomic E-state index is -0.175. The van der Waals surface area contributed by atoms with E-state index in [0.717, 1.165) is 23.9 Å². The molecular weight excluding hydrogens is 260 g/mol. The molecule has 2 saturated heterocycles. The Bertz CT molecular complexity index is 485. The highest BCUT2D eigenvalue weighted by Gasteiger charge is 2.37. The summed E-state index contributed by atoms with van der Waals surface area (Å²) < 4.78 is 0. The fourth-order valence-electron chi connectivity index (χ4n) is 2.58. The van der Waals surface area contributed by atoms with Crippen LogP contribution in [0.25, 0.3) is 0 Å². The first-order valence-electron chi connectivity index (χ1n) is 6.47. The molecule has 0 aliphatic carbocycles. The van der Waals surface area contributed by atoms with E-state index in [1.807, 2.05) is 35.2 Å². The molecule has 2 amide bonds. The Balaban J connectivity index is 1.71. The smallest absolute Gasteiger partial charge is 0.228 e. The van der Waals surface area contributed by atoms with Gasteiger partial charge in [0.25, 0.3) is 0 Å². The van der Waals surface area contributed by atoms with Gasteiger partial charge in [-0.1, -0.05) is 18.2 Å². The molecule has 1 aromatic rings. The zero-order valence-electron chi connectivity index (χ0n) is 10.6. The fourth-order valence-corrected chi connectivity index (χ4v) is 3.53. The molecule has 19 heavy (non-hydrogen) atoms. The average molecular weight is 276 g/mol. The lowest BCUT2D eigenvalue weighted by Gasteiger charge is -2.20. The Morgan fingerprint density at radius 2 is 2.05 bits per heavy atom. The molecule has 2 fully saturated rings. The normalized spacial score (nSPS) is 23.2. The van der Waals surface area contributed by atoms with Crippen LogP contribution in [0, 0.1) is 5.92 Å². The molecule has 1 atom stereocenters. The van der Waals surface area contributed by atoms with Gasteiger partial charge < -0.3 is 9.80 Å². The summed E-state index contributed by atoms with van der Waals surface area (Å²) in [5.41, 5.74) is 0.888. The number of para-hydroxylation sites is 1. The van der Waals surface area contributed by atoms with Gasteiger partial charge in [-0.2, -0.15) is 0 Å². The molecule has 2 heterocycles. The zero-order chi connectivity index (χ0) is 13.2. The number of hydrogen-bond donors (Lipinski definition) is 0. The van der Waals surface area contributed by atoms with Crippen molar-refractivity contribution in [3.05, 3.63) is 30.3 Å². The van der Waals surface area contributed by atoms with Crippen LogP contribution < -0.4 is 4.90 Å². The van der Waals surface area contributed by atoms with Crippen molar-refractivity contribution in [2.75, 3.05) is 29.6 Å². The van der Waals surface area contributed by atoms with Crippen LogP contribution >= 0.6 is 11.8 Å². The van der Waals surface area contributed by atoms with Crippen molar-refractivity contribution in [3.63, 3.8) is 0 Å². The van der Waals surface area contributed by atoms with Crippen molar-refractivity contribution in [3.8, 4) is 0 Å². The van der Waals surface area contributed by atoms with Crippen molar-refractivity contribution in [1.29, 1.82) is 0 Å². The van der Waals surface area contributed by atoms with E-state index in [9.17, 15) is 9.59 Å². The number of carbonyl (C=O) groups excluding carboxylic acids is 2. The third kappa shape index (κ3) is 2.47. The summed E-state index contributed by atoms with van der Waals surface area (Å²) in [6, 6.07) is 9.57. The van der Waals surface area contributed by atoms with Crippen LogP contribution in [0.3, 0.4) is 0 Å². The summed E-state index contributed by atoms with van der Waals surface area (Å²) in [5, 5.41) is 0. The summed E-state index contributed by atoms with van der Waals surface area (Å²) in [6.07, 6.45) is 0.342. The minimum absolute atomic E-state index is 0.0522. The lowest BCUT2D eigenvalue weighted by atomic mass is 10.1. The van der Waals surface area contributed by atoms with Crippen LogP contribution in [0.15, 0.2) is 30.3 Å². The minimum Gasteiger partial charge on any atom is -0.332 e. The molecule has 0 aromatic heterocycles. The lowest BCUT2D eigenvalue weighted by Crippen LogP contribution is -2.35. The van der Waals surface area contributed by atoms with Gasteiger partial charge in [0.15, 0.2) is 0 Å². The molecule has 0 N–H and O–H groups in total. The van der Waals surface area contributed by atoms with Gasteiger partial charge in [-0.05, 0) is 12.1 Å². The molecule has 0 spiro atoms. The van der Waals surface area contributed by atoms with Gasteiger partial charge in [0.1, 0.15) is 0 Å². The number of anilines is 1. The van der Waals surface area contributed by atoms with E-state index in [1.54, 1.807) is 16.7 Å². The van der Waals surface area contributed by atoms with Gasteiger partial charge in [0.2, 0.25) is 11.8 Å². The highest BCUT2D eigenvalue weighted by molar-refractivity contribution is 7.99. The zero-order valence-corrected chi connectivity index (χ0v) is 11.4. The quantitative estimate of drug-likeness (QED) is 0.823. The number of thioether (sulfide) groups is 1. The standard InChI is InChI=1S/C14H16N2O2S/c17-13-8-11(14(18)15-6-7-19-10-15)9-16(13)12-4-2-1-3-5-12/h1-5,11H,6-10H2. The van der Waals surface area contributed by atoms with Gasteiger partial charge in [-0.15, -0.1) is 11.8 Å². The average Bonchev–Trinajstić information content (AvgIpc) is 3.08. The molecule has 0 radical (unpaired) electrons. The topological polar surface area (TPSA) is 40.6 Å². The Labute approximate surface area is 116 Å². The molecule has 2 aliphatic heterocycles. The van der Waals surface area contributed by atoms with Crippen LogP contribution in [-0.4, -0.2) is 41.4 Å². The second-order valence-electron chi connectivity index (χ2n) is 4.88. The Hall–Kier alpha value is -1.49. The Kier molecular flexibility index (Phi) is 3.46. The van der Waals surface area contributed by atoms with Gasteiger partial charge in [0.05, 0.1) is 11.8 Å².